The van der Waals surface area contributed by atoms with E-state index in [1.807, 2.05) is 42.5 Å². The highest BCUT2D eigenvalue weighted by atomic mass is 32.2. The normalized spacial score (nSPS) is 17.9. The fraction of sp³-hybridized carbons (Fsp3) is 0.259. The first-order chi connectivity index (χ1) is 17.4. The van der Waals surface area contributed by atoms with Gasteiger partial charge in [-0.2, -0.15) is 4.31 Å². The summed E-state index contributed by atoms with van der Waals surface area (Å²) in [5.74, 6) is -0.0147. The van der Waals surface area contributed by atoms with E-state index in [4.69, 9.17) is 9.47 Å². The van der Waals surface area contributed by atoms with Gasteiger partial charge in [-0.05, 0) is 60.9 Å². The van der Waals surface area contributed by atoms with Crippen molar-refractivity contribution in [3.63, 3.8) is 0 Å². The van der Waals surface area contributed by atoms with E-state index < -0.39 is 21.7 Å². The smallest absolute Gasteiger partial charge is 0.299 e. The molecular formula is C27H26N2O6S. The van der Waals surface area contributed by atoms with Gasteiger partial charge in [0.05, 0.1) is 35.8 Å². The van der Waals surface area contributed by atoms with Gasteiger partial charge in [-0.15, -0.1) is 0 Å². The van der Waals surface area contributed by atoms with Crippen molar-refractivity contribution in [3.05, 3.63) is 83.9 Å². The minimum absolute atomic E-state index is 0.000286. The SMILES string of the molecule is [11CH3]Oc1ccc(CN2C(=O)C(=O)c3cc(S(=O)(=O)N4CCC[C@H]4COc4ccccc4)ccc32)cc1. The van der Waals surface area contributed by atoms with Crippen molar-refractivity contribution in [3.8, 4) is 11.5 Å². The minimum atomic E-state index is -3.88. The summed E-state index contributed by atoms with van der Waals surface area (Å²) in [4.78, 5) is 26.9. The molecule has 0 saturated carbocycles. The first kappa shape index (κ1) is 24.0. The van der Waals surface area contributed by atoms with Crippen LogP contribution < -0.4 is 14.4 Å². The van der Waals surface area contributed by atoms with Crippen molar-refractivity contribution in [1.29, 1.82) is 0 Å². The minimum Gasteiger partial charge on any atom is -0.497 e. The van der Waals surface area contributed by atoms with Crippen LogP contribution in [0.2, 0.25) is 0 Å². The Morgan fingerprint density at radius 3 is 2.42 bits per heavy atom. The quantitative estimate of drug-likeness (QED) is 0.434. The van der Waals surface area contributed by atoms with Gasteiger partial charge in [0.1, 0.15) is 18.1 Å². The average molecular weight is 506 g/mol. The maximum atomic E-state index is 13.5. The lowest BCUT2D eigenvalue weighted by atomic mass is 10.1. The van der Waals surface area contributed by atoms with E-state index in [1.165, 1.54) is 21.3 Å². The first-order valence-corrected chi connectivity index (χ1v) is 13.2. The van der Waals surface area contributed by atoms with Crippen LogP contribution in [0, 0.1) is 0 Å². The second-order valence-electron chi connectivity index (χ2n) is 8.78. The molecule has 0 unspecified atom stereocenters. The van der Waals surface area contributed by atoms with E-state index in [2.05, 4.69) is 0 Å². The molecule has 1 fully saturated rings. The van der Waals surface area contributed by atoms with Crippen molar-refractivity contribution in [2.24, 2.45) is 0 Å². The fourth-order valence-electron chi connectivity index (χ4n) is 4.65. The summed E-state index contributed by atoms with van der Waals surface area (Å²) < 4.78 is 39.5. The fourth-order valence-corrected chi connectivity index (χ4v) is 6.35. The summed E-state index contributed by atoms with van der Waals surface area (Å²) in [5.41, 5.74) is 1.33. The van der Waals surface area contributed by atoms with Gasteiger partial charge in [0, 0.05) is 6.54 Å². The maximum Gasteiger partial charge on any atom is 0.299 e. The number of carbonyl (C=O) groups excluding carboxylic acids is 2. The Labute approximate surface area is 210 Å². The van der Waals surface area contributed by atoms with Crippen molar-refractivity contribution >= 4 is 27.4 Å². The number of para-hydroxylation sites is 1. The van der Waals surface area contributed by atoms with Crippen LogP contribution in [0.1, 0.15) is 28.8 Å². The van der Waals surface area contributed by atoms with Crippen molar-refractivity contribution in [2.45, 2.75) is 30.3 Å². The number of carbonyl (C=O) groups is 2. The van der Waals surface area contributed by atoms with E-state index in [1.54, 1.807) is 25.3 Å². The third-order valence-electron chi connectivity index (χ3n) is 6.56. The second kappa shape index (κ2) is 9.75. The summed E-state index contributed by atoms with van der Waals surface area (Å²) >= 11 is 0. The number of hydrogen-bond acceptors (Lipinski definition) is 6. The Bertz CT molecular complexity index is 1390. The lowest BCUT2D eigenvalue weighted by molar-refractivity contribution is -0.114. The first-order valence-electron chi connectivity index (χ1n) is 11.7. The number of Topliss-reactive ketones (excluding diaryl/α,β-unsaturated/α-hetero) is 1. The number of benzene rings is 3. The molecule has 1 atom stereocenters. The molecule has 5 rings (SSSR count). The molecule has 186 valence electrons. The van der Waals surface area contributed by atoms with Crippen LogP contribution in [0.5, 0.6) is 11.5 Å². The number of rotatable bonds is 8. The zero-order valence-electron chi connectivity index (χ0n) is 19.8. The topological polar surface area (TPSA) is 93.2 Å². The number of hydrogen-bond donors (Lipinski definition) is 0. The van der Waals surface area contributed by atoms with Crippen LogP contribution in [0.25, 0.3) is 0 Å². The summed E-state index contributed by atoms with van der Waals surface area (Å²) in [5, 5.41) is 0. The average Bonchev–Trinajstić information content (AvgIpc) is 3.48. The number of amides is 1. The monoisotopic (exact) mass is 505 g/mol. The highest BCUT2D eigenvalue weighted by Gasteiger charge is 2.40. The Morgan fingerprint density at radius 1 is 0.944 bits per heavy atom. The van der Waals surface area contributed by atoms with Crippen LogP contribution in [0.15, 0.2) is 77.7 Å². The van der Waals surface area contributed by atoms with Gasteiger partial charge in [0.25, 0.3) is 11.7 Å². The number of fused-ring (bicyclic) bond motifs is 1. The predicted octanol–water partition coefficient (Wildman–Crippen LogP) is 3.66. The van der Waals surface area contributed by atoms with Gasteiger partial charge in [-0.3, -0.25) is 9.59 Å². The highest BCUT2D eigenvalue weighted by Crippen LogP contribution is 2.34. The molecule has 0 aromatic heterocycles. The van der Waals surface area contributed by atoms with Crippen LogP contribution in [0.3, 0.4) is 0 Å². The van der Waals surface area contributed by atoms with E-state index in [0.29, 0.717) is 30.2 Å². The Balaban J connectivity index is 1.37. The lowest BCUT2D eigenvalue weighted by Gasteiger charge is -2.24. The summed E-state index contributed by atoms with van der Waals surface area (Å²) in [6.07, 6.45) is 1.41. The molecule has 0 radical (unpaired) electrons. The molecule has 3 aromatic carbocycles. The number of ether oxygens (including phenoxy) is 2. The number of anilines is 1. The molecule has 2 heterocycles. The van der Waals surface area contributed by atoms with Crippen molar-refractivity contribution in [1.82, 2.24) is 4.31 Å². The number of methoxy groups -OCH3 is 1. The standard InChI is InChI=1S/C27H26N2O6S/c1-34-21-11-9-19(10-12-21)17-28-25-14-13-23(16-24(25)26(30)27(28)31)36(32,33)29-15-5-6-20(29)18-35-22-7-3-2-4-8-22/h2-4,7-14,16,20H,5-6,15,17-18H2,1H3/t20-/m0/s1/i1-1. The molecule has 2 aliphatic heterocycles. The third-order valence-corrected chi connectivity index (χ3v) is 8.51. The molecule has 2 aliphatic rings. The molecule has 9 heteroatoms. The number of nitrogens with zero attached hydrogens (tertiary/aromatic N) is 2. The van der Waals surface area contributed by atoms with Gasteiger partial charge in [-0.1, -0.05) is 30.3 Å². The molecule has 1 saturated heterocycles. The molecule has 0 N–H and O–H groups in total. The molecular weight excluding hydrogens is 479 g/mol. The van der Waals surface area contributed by atoms with Gasteiger partial charge in [0.15, 0.2) is 0 Å². The van der Waals surface area contributed by atoms with Crippen molar-refractivity contribution < 1.29 is 27.5 Å². The highest BCUT2D eigenvalue weighted by molar-refractivity contribution is 7.89. The Morgan fingerprint density at radius 2 is 1.69 bits per heavy atom. The van der Waals surface area contributed by atoms with Crippen LogP contribution in [0.4, 0.5) is 5.69 Å². The summed E-state index contributed by atoms with van der Waals surface area (Å²) in [6.45, 7) is 0.804. The number of sulfonamides is 1. The largest absolute Gasteiger partial charge is 0.497 e. The Kier molecular flexibility index (Phi) is 6.51. The summed E-state index contributed by atoms with van der Waals surface area (Å²) in [6, 6.07) is 20.5. The molecule has 3 aromatic rings. The van der Waals surface area contributed by atoms with Gasteiger partial charge >= 0.3 is 0 Å². The zero-order valence-corrected chi connectivity index (χ0v) is 20.6. The zero-order chi connectivity index (χ0) is 25.3. The molecule has 36 heavy (non-hydrogen) atoms. The molecule has 8 nitrogen and oxygen atoms in total. The van der Waals surface area contributed by atoms with Gasteiger partial charge in [0.2, 0.25) is 10.0 Å². The number of ketones is 1. The molecule has 1 amide bonds. The van der Waals surface area contributed by atoms with Gasteiger partial charge in [-0.25, -0.2) is 8.42 Å². The van der Waals surface area contributed by atoms with E-state index in [0.717, 1.165) is 12.0 Å². The van der Waals surface area contributed by atoms with E-state index in [9.17, 15) is 18.0 Å². The van der Waals surface area contributed by atoms with Crippen LogP contribution >= 0.6 is 0 Å². The molecule has 0 spiro atoms. The maximum absolute atomic E-state index is 13.5. The third kappa shape index (κ3) is 4.47. The molecule has 0 aliphatic carbocycles. The lowest BCUT2D eigenvalue weighted by Crippen LogP contribution is -2.39. The van der Waals surface area contributed by atoms with Crippen molar-refractivity contribution in [2.75, 3.05) is 25.2 Å². The van der Waals surface area contributed by atoms with Crippen LogP contribution in [-0.2, 0) is 21.4 Å². The summed E-state index contributed by atoms with van der Waals surface area (Å²) in [7, 11) is -2.31. The predicted molar refractivity (Wildman–Crippen MR) is 134 cm³/mol. The second-order valence-corrected chi connectivity index (χ2v) is 10.7. The van der Waals surface area contributed by atoms with E-state index >= 15 is 0 Å². The van der Waals surface area contributed by atoms with Crippen LogP contribution in [-0.4, -0.2) is 50.7 Å². The van der Waals surface area contributed by atoms with E-state index in [-0.39, 0.29) is 29.7 Å². The molecule has 0 bridgehead atoms. The Hall–Kier alpha value is -3.69. The van der Waals surface area contributed by atoms with Gasteiger partial charge < -0.3 is 14.4 Å².